The van der Waals surface area contributed by atoms with Gasteiger partial charge in [0.15, 0.2) is 0 Å². The quantitative estimate of drug-likeness (QED) is 0.594. The van der Waals surface area contributed by atoms with Crippen LogP contribution in [0.4, 0.5) is 5.69 Å². The van der Waals surface area contributed by atoms with Crippen molar-refractivity contribution in [3.05, 3.63) is 23.8 Å². The molecule has 0 aromatic heterocycles. The molecule has 18 heavy (non-hydrogen) atoms. The predicted molar refractivity (Wildman–Crippen MR) is 78.4 cm³/mol. The largest absolute Gasteiger partial charge is 0.399 e. The summed E-state index contributed by atoms with van der Waals surface area (Å²) in [7, 11) is -3.43. The van der Waals surface area contributed by atoms with E-state index in [1.54, 1.807) is 23.9 Å². The van der Waals surface area contributed by atoms with Crippen LogP contribution in [0.15, 0.2) is 23.1 Å². The topological polar surface area (TPSA) is 72.2 Å². The molecule has 0 atom stereocenters. The maximum absolute atomic E-state index is 12.0. The summed E-state index contributed by atoms with van der Waals surface area (Å²) >= 11 is 1.80. The van der Waals surface area contributed by atoms with Crippen LogP contribution in [0.3, 0.4) is 0 Å². The van der Waals surface area contributed by atoms with Crippen molar-refractivity contribution in [2.45, 2.75) is 25.2 Å². The molecule has 1 aromatic carbocycles. The van der Waals surface area contributed by atoms with Gasteiger partial charge in [-0.15, -0.1) is 0 Å². The Bertz CT molecular complexity index is 467. The summed E-state index contributed by atoms with van der Waals surface area (Å²) in [6, 6.07) is 4.85. The molecule has 0 fully saturated rings. The van der Waals surface area contributed by atoms with Gasteiger partial charge in [0.05, 0.1) is 4.90 Å². The molecule has 0 amide bonds. The average molecular weight is 288 g/mol. The van der Waals surface area contributed by atoms with Crippen LogP contribution in [-0.4, -0.2) is 26.5 Å². The first kappa shape index (κ1) is 15.3. The van der Waals surface area contributed by atoms with Gasteiger partial charge in [0.25, 0.3) is 0 Å². The first-order valence-electron chi connectivity index (χ1n) is 5.90. The van der Waals surface area contributed by atoms with Crippen molar-refractivity contribution >= 4 is 27.5 Å². The van der Waals surface area contributed by atoms with Gasteiger partial charge in [0.1, 0.15) is 0 Å². The van der Waals surface area contributed by atoms with E-state index in [1.807, 2.05) is 6.92 Å². The second-order valence-corrected chi connectivity index (χ2v) is 7.19. The van der Waals surface area contributed by atoms with Crippen molar-refractivity contribution in [1.82, 2.24) is 4.72 Å². The predicted octanol–water partition coefficient (Wildman–Crippen LogP) is 2.00. The summed E-state index contributed by atoms with van der Waals surface area (Å²) in [6.45, 7) is 4.38. The number of benzene rings is 1. The van der Waals surface area contributed by atoms with E-state index < -0.39 is 10.0 Å². The van der Waals surface area contributed by atoms with Gasteiger partial charge in [-0.2, -0.15) is 11.8 Å². The lowest BCUT2D eigenvalue weighted by molar-refractivity contribution is 0.581. The Kier molecular flexibility index (Phi) is 5.98. The van der Waals surface area contributed by atoms with E-state index in [4.69, 9.17) is 5.73 Å². The maximum atomic E-state index is 12.0. The zero-order chi connectivity index (χ0) is 13.6. The summed E-state index contributed by atoms with van der Waals surface area (Å²) in [5.74, 6) is 2.02. The number of nitrogens with one attached hydrogen (secondary N) is 1. The van der Waals surface area contributed by atoms with Crippen LogP contribution in [-0.2, 0) is 10.0 Å². The molecule has 0 spiro atoms. The minimum Gasteiger partial charge on any atom is -0.399 e. The molecule has 102 valence electrons. The smallest absolute Gasteiger partial charge is 0.240 e. The Morgan fingerprint density at radius 3 is 2.67 bits per heavy atom. The molecule has 6 heteroatoms. The first-order valence-corrected chi connectivity index (χ1v) is 8.54. The SMILES string of the molecule is CCSCCCNS(=O)(=O)c1cc(C)cc(N)c1. The summed E-state index contributed by atoms with van der Waals surface area (Å²) in [5.41, 5.74) is 6.97. The first-order chi connectivity index (χ1) is 8.45. The number of anilines is 1. The summed E-state index contributed by atoms with van der Waals surface area (Å²) in [6.07, 6.45) is 0.832. The third kappa shape index (κ3) is 4.88. The number of nitrogen functional groups attached to an aromatic ring is 1. The van der Waals surface area contributed by atoms with Crippen molar-refractivity contribution in [2.75, 3.05) is 23.8 Å². The van der Waals surface area contributed by atoms with Gasteiger partial charge in [-0.1, -0.05) is 6.92 Å². The van der Waals surface area contributed by atoms with Crippen LogP contribution < -0.4 is 10.5 Å². The molecule has 0 aliphatic heterocycles. The lowest BCUT2D eigenvalue weighted by atomic mass is 10.2. The highest BCUT2D eigenvalue weighted by atomic mass is 32.2. The van der Waals surface area contributed by atoms with Crippen LogP contribution in [0.2, 0.25) is 0 Å². The Balaban J connectivity index is 2.63. The van der Waals surface area contributed by atoms with Crippen LogP contribution in [0.5, 0.6) is 0 Å². The van der Waals surface area contributed by atoms with E-state index in [2.05, 4.69) is 11.6 Å². The number of hydrogen-bond donors (Lipinski definition) is 2. The normalized spacial score (nSPS) is 11.7. The molecule has 0 heterocycles. The number of thioether (sulfide) groups is 1. The van der Waals surface area contributed by atoms with Gasteiger partial charge in [-0.05, 0) is 48.6 Å². The van der Waals surface area contributed by atoms with E-state index in [0.717, 1.165) is 23.5 Å². The molecule has 0 unspecified atom stereocenters. The van der Waals surface area contributed by atoms with Crippen molar-refractivity contribution < 1.29 is 8.42 Å². The van der Waals surface area contributed by atoms with E-state index in [0.29, 0.717) is 12.2 Å². The van der Waals surface area contributed by atoms with E-state index >= 15 is 0 Å². The van der Waals surface area contributed by atoms with Crippen LogP contribution in [0.25, 0.3) is 0 Å². The van der Waals surface area contributed by atoms with Crippen molar-refractivity contribution in [1.29, 1.82) is 0 Å². The van der Waals surface area contributed by atoms with Gasteiger partial charge >= 0.3 is 0 Å². The lowest BCUT2D eigenvalue weighted by Crippen LogP contribution is -2.25. The highest BCUT2D eigenvalue weighted by Gasteiger charge is 2.13. The van der Waals surface area contributed by atoms with Crippen molar-refractivity contribution in [3.63, 3.8) is 0 Å². The molecule has 0 saturated carbocycles. The second kappa shape index (κ2) is 7.01. The number of sulfonamides is 1. The van der Waals surface area contributed by atoms with Crippen LogP contribution in [0, 0.1) is 6.92 Å². The number of aryl methyl sites for hydroxylation is 1. The molecule has 0 aliphatic carbocycles. The molecule has 4 nitrogen and oxygen atoms in total. The lowest BCUT2D eigenvalue weighted by Gasteiger charge is -2.08. The van der Waals surface area contributed by atoms with Gasteiger partial charge < -0.3 is 5.73 Å². The third-order valence-corrected chi connectivity index (χ3v) is 4.77. The van der Waals surface area contributed by atoms with Gasteiger partial charge in [-0.3, -0.25) is 0 Å². The van der Waals surface area contributed by atoms with Crippen molar-refractivity contribution in [3.8, 4) is 0 Å². The van der Waals surface area contributed by atoms with Gasteiger partial charge in [-0.25, -0.2) is 13.1 Å². The molecule has 0 saturated heterocycles. The van der Waals surface area contributed by atoms with E-state index in [-0.39, 0.29) is 4.90 Å². The standard InChI is InChI=1S/C12H20N2O2S2/c1-3-17-6-4-5-14-18(15,16)12-8-10(2)7-11(13)9-12/h7-9,14H,3-6,13H2,1-2H3. The van der Waals surface area contributed by atoms with Gasteiger partial charge in [0, 0.05) is 12.2 Å². The second-order valence-electron chi connectivity index (χ2n) is 4.03. The Morgan fingerprint density at radius 2 is 2.06 bits per heavy atom. The molecule has 1 rings (SSSR count). The monoisotopic (exact) mass is 288 g/mol. The molecule has 0 aliphatic rings. The van der Waals surface area contributed by atoms with Gasteiger partial charge in [0.2, 0.25) is 10.0 Å². The molecule has 0 bridgehead atoms. The number of hydrogen-bond acceptors (Lipinski definition) is 4. The average Bonchev–Trinajstić information content (AvgIpc) is 2.27. The summed E-state index contributed by atoms with van der Waals surface area (Å²) < 4.78 is 26.6. The Labute approximate surface area is 113 Å². The fourth-order valence-electron chi connectivity index (χ4n) is 1.54. The number of rotatable bonds is 7. The molecule has 3 N–H and O–H groups in total. The highest BCUT2D eigenvalue weighted by Crippen LogP contribution is 2.16. The van der Waals surface area contributed by atoms with Crippen LogP contribution in [0.1, 0.15) is 18.9 Å². The zero-order valence-corrected chi connectivity index (χ0v) is 12.4. The Morgan fingerprint density at radius 1 is 1.33 bits per heavy atom. The van der Waals surface area contributed by atoms with E-state index in [1.165, 1.54) is 6.07 Å². The summed E-state index contributed by atoms with van der Waals surface area (Å²) in [4.78, 5) is 0.239. The van der Waals surface area contributed by atoms with Crippen LogP contribution >= 0.6 is 11.8 Å². The minimum absolute atomic E-state index is 0.239. The Hall–Kier alpha value is -0.720. The fourth-order valence-corrected chi connectivity index (χ4v) is 3.39. The number of nitrogens with two attached hydrogens (primary N) is 1. The molecule has 0 radical (unpaired) electrons. The third-order valence-electron chi connectivity index (χ3n) is 2.35. The molecular weight excluding hydrogens is 268 g/mol. The highest BCUT2D eigenvalue weighted by molar-refractivity contribution is 7.99. The zero-order valence-electron chi connectivity index (χ0n) is 10.8. The fraction of sp³-hybridized carbons (Fsp3) is 0.500. The molecule has 1 aromatic rings. The maximum Gasteiger partial charge on any atom is 0.240 e. The van der Waals surface area contributed by atoms with E-state index in [9.17, 15) is 8.42 Å². The molecular formula is C12H20N2O2S2. The van der Waals surface area contributed by atoms with Crippen molar-refractivity contribution in [2.24, 2.45) is 0 Å². The summed E-state index contributed by atoms with van der Waals surface area (Å²) in [5, 5.41) is 0. The minimum atomic E-state index is -3.43.